The zero-order valence-electron chi connectivity index (χ0n) is 17.8. The molecule has 3 aliphatic carbocycles. The van der Waals surface area contributed by atoms with E-state index in [9.17, 15) is 14.4 Å². The normalized spacial score (nSPS) is 18.4. The molecule has 4 nitrogen and oxygen atoms in total. The molecule has 0 aromatic heterocycles. The summed E-state index contributed by atoms with van der Waals surface area (Å²) in [5.41, 5.74) is 4.41. The molecule has 4 aromatic rings. The van der Waals surface area contributed by atoms with Gasteiger partial charge in [-0.3, -0.25) is 14.4 Å². The molecule has 0 saturated heterocycles. The smallest absolute Gasteiger partial charge is 0.193 e. The largest absolute Gasteiger partial charge is 0.354 e. The molecule has 1 aliphatic heterocycles. The molecule has 4 heteroatoms. The van der Waals surface area contributed by atoms with Gasteiger partial charge in [-0.2, -0.15) is 0 Å². The highest BCUT2D eigenvalue weighted by Gasteiger charge is 2.62. The summed E-state index contributed by atoms with van der Waals surface area (Å²) in [6.45, 7) is 0. The van der Waals surface area contributed by atoms with E-state index in [1.807, 2.05) is 72.8 Å². The molecule has 0 fully saturated rings. The predicted octanol–water partition coefficient (Wildman–Crippen LogP) is 5.09. The van der Waals surface area contributed by atoms with E-state index in [-0.39, 0.29) is 17.3 Å². The fraction of sp³-hybridized carbons (Fsp3) is 0.0333. The van der Waals surface area contributed by atoms with E-state index >= 15 is 0 Å². The lowest BCUT2D eigenvalue weighted by Gasteiger charge is -2.36. The lowest BCUT2D eigenvalue weighted by molar-refractivity contribution is 0.0885. The van der Waals surface area contributed by atoms with Gasteiger partial charge in [-0.05, 0) is 16.3 Å². The number of ketones is 3. The van der Waals surface area contributed by atoms with Gasteiger partial charge in [0.15, 0.2) is 17.3 Å². The first kappa shape index (κ1) is 17.9. The van der Waals surface area contributed by atoms with Gasteiger partial charge in [-0.1, -0.05) is 84.9 Å². The Kier molecular flexibility index (Phi) is 2.99. The number of benzene rings is 4. The minimum atomic E-state index is -1.48. The van der Waals surface area contributed by atoms with Crippen molar-refractivity contribution in [3.05, 3.63) is 129 Å². The van der Waals surface area contributed by atoms with Crippen LogP contribution in [0.5, 0.6) is 0 Å². The van der Waals surface area contributed by atoms with Crippen LogP contribution in [-0.2, 0) is 5.41 Å². The number of carbonyl (C=O) groups is 3. The Morgan fingerprint density at radius 3 is 1.62 bits per heavy atom. The number of hydrogen-bond acceptors (Lipinski definition) is 4. The molecule has 4 aromatic carbocycles. The Balaban J connectivity index is 1.57. The van der Waals surface area contributed by atoms with Crippen LogP contribution in [0, 0.1) is 0 Å². The van der Waals surface area contributed by atoms with E-state index in [0.29, 0.717) is 39.2 Å². The summed E-state index contributed by atoms with van der Waals surface area (Å²) in [5.74, 6) is -0.610. The van der Waals surface area contributed by atoms with Gasteiger partial charge in [0.1, 0.15) is 5.41 Å². The molecule has 4 aliphatic rings. The highest BCUT2D eigenvalue weighted by atomic mass is 16.1. The molecule has 34 heavy (non-hydrogen) atoms. The van der Waals surface area contributed by atoms with Crippen molar-refractivity contribution in [3.63, 3.8) is 0 Å². The first-order valence-corrected chi connectivity index (χ1v) is 11.3. The maximum atomic E-state index is 14.5. The fourth-order valence-electron chi connectivity index (χ4n) is 6.45. The van der Waals surface area contributed by atoms with Gasteiger partial charge in [0.2, 0.25) is 0 Å². The minimum absolute atomic E-state index is 0.202. The van der Waals surface area contributed by atoms with Gasteiger partial charge in [0.25, 0.3) is 0 Å². The van der Waals surface area contributed by atoms with E-state index in [2.05, 4.69) is 5.32 Å². The Bertz CT molecular complexity index is 1700. The lowest BCUT2D eigenvalue weighted by Crippen LogP contribution is -2.45. The molecule has 1 N–H and O–H groups in total. The summed E-state index contributed by atoms with van der Waals surface area (Å²) in [7, 11) is 0. The molecular formula is C30H15NO3. The molecule has 0 unspecified atom stereocenters. The first-order chi connectivity index (χ1) is 16.6. The van der Waals surface area contributed by atoms with Crippen LogP contribution in [-0.4, -0.2) is 17.3 Å². The summed E-state index contributed by atoms with van der Waals surface area (Å²) in [4.78, 5) is 42.5. The Labute approximate surface area is 194 Å². The number of hydrogen-bond donors (Lipinski definition) is 1. The molecule has 0 amide bonds. The SMILES string of the molecule is O=C1C2=C(NC3=C(C(=O)c4ccccc43)C23C(=O)c2cccc4cccc3c24)c2ccccc21. The third kappa shape index (κ3) is 1.72. The number of dihydropyridines is 1. The molecule has 8 rings (SSSR count). The van der Waals surface area contributed by atoms with E-state index in [4.69, 9.17) is 0 Å². The second kappa shape index (κ2) is 5.67. The van der Waals surface area contributed by atoms with Crippen molar-refractivity contribution >= 4 is 39.5 Å². The van der Waals surface area contributed by atoms with E-state index in [1.165, 1.54) is 0 Å². The number of fused-ring (bicyclic) bond motifs is 7. The van der Waals surface area contributed by atoms with Gasteiger partial charge >= 0.3 is 0 Å². The summed E-state index contributed by atoms with van der Waals surface area (Å²) < 4.78 is 0. The summed E-state index contributed by atoms with van der Waals surface area (Å²) in [5, 5.41) is 5.19. The van der Waals surface area contributed by atoms with Gasteiger partial charge in [-0.15, -0.1) is 0 Å². The highest BCUT2D eigenvalue weighted by Crippen LogP contribution is 2.60. The predicted molar refractivity (Wildman–Crippen MR) is 128 cm³/mol. The summed E-state index contributed by atoms with van der Waals surface area (Å²) >= 11 is 0. The fourth-order valence-corrected chi connectivity index (χ4v) is 6.45. The van der Waals surface area contributed by atoms with E-state index < -0.39 is 5.41 Å². The maximum absolute atomic E-state index is 14.5. The molecule has 0 atom stereocenters. The molecule has 0 saturated carbocycles. The van der Waals surface area contributed by atoms with Gasteiger partial charge in [-0.25, -0.2) is 0 Å². The first-order valence-electron chi connectivity index (χ1n) is 11.3. The van der Waals surface area contributed by atoms with Crippen molar-refractivity contribution in [2.45, 2.75) is 5.41 Å². The van der Waals surface area contributed by atoms with Gasteiger partial charge in [0, 0.05) is 39.0 Å². The Hall–Kier alpha value is -4.57. The molecule has 0 radical (unpaired) electrons. The average Bonchev–Trinajstić information content (AvgIpc) is 3.43. The molecule has 1 heterocycles. The average molecular weight is 437 g/mol. The topological polar surface area (TPSA) is 63.2 Å². The zero-order chi connectivity index (χ0) is 22.8. The van der Waals surface area contributed by atoms with Crippen molar-refractivity contribution in [1.29, 1.82) is 0 Å². The quantitative estimate of drug-likeness (QED) is 0.416. The standard InChI is InChI=1S/C30H15NO3/c32-27-18-11-3-1-9-16(18)25-23(27)30(24-26(31-25)17-10-2-4-12-19(17)28(24)33)21-14-6-8-15-7-5-13-20(22(15)21)29(30)34/h1-14,31H. The number of Topliss-reactive ketones (excluding diaryl/α,β-unsaturated/α-hetero) is 3. The highest BCUT2D eigenvalue weighted by molar-refractivity contribution is 6.39. The molecule has 1 spiro atoms. The van der Waals surface area contributed by atoms with Gasteiger partial charge < -0.3 is 5.32 Å². The van der Waals surface area contributed by atoms with Crippen LogP contribution in [0.25, 0.3) is 22.2 Å². The van der Waals surface area contributed by atoms with Crippen molar-refractivity contribution in [2.75, 3.05) is 0 Å². The third-order valence-corrected chi connectivity index (χ3v) is 7.73. The van der Waals surface area contributed by atoms with Crippen LogP contribution in [0.3, 0.4) is 0 Å². The molecule has 158 valence electrons. The van der Waals surface area contributed by atoms with Crippen molar-refractivity contribution in [2.24, 2.45) is 0 Å². The van der Waals surface area contributed by atoms with Crippen molar-refractivity contribution in [1.82, 2.24) is 5.32 Å². The van der Waals surface area contributed by atoms with Crippen LogP contribution in [0.4, 0.5) is 0 Å². The molecular weight excluding hydrogens is 422 g/mol. The number of allylic oxidation sites excluding steroid dienone is 2. The Morgan fingerprint density at radius 1 is 0.529 bits per heavy atom. The van der Waals surface area contributed by atoms with Crippen LogP contribution in [0.2, 0.25) is 0 Å². The second-order valence-corrected chi connectivity index (χ2v) is 9.16. The number of carbonyl (C=O) groups excluding carboxylic acids is 3. The summed E-state index contributed by atoms with van der Waals surface area (Å²) in [6.07, 6.45) is 0. The number of rotatable bonds is 0. The second-order valence-electron chi connectivity index (χ2n) is 9.16. The maximum Gasteiger partial charge on any atom is 0.193 e. The molecule has 0 bridgehead atoms. The zero-order valence-corrected chi connectivity index (χ0v) is 17.8. The van der Waals surface area contributed by atoms with Crippen LogP contribution in [0.15, 0.2) is 96.1 Å². The van der Waals surface area contributed by atoms with Crippen molar-refractivity contribution < 1.29 is 14.4 Å². The van der Waals surface area contributed by atoms with E-state index in [0.717, 1.165) is 27.5 Å². The van der Waals surface area contributed by atoms with Gasteiger partial charge in [0.05, 0.1) is 11.4 Å². The monoisotopic (exact) mass is 437 g/mol. The van der Waals surface area contributed by atoms with Crippen molar-refractivity contribution in [3.8, 4) is 0 Å². The van der Waals surface area contributed by atoms with Crippen LogP contribution >= 0.6 is 0 Å². The third-order valence-electron chi connectivity index (χ3n) is 7.73. The summed E-state index contributed by atoms with van der Waals surface area (Å²) in [6, 6.07) is 26.2. The van der Waals surface area contributed by atoms with Crippen LogP contribution < -0.4 is 5.32 Å². The Morgan fingerprint density at radius 2 is 1.03 bits per heavy atom. The van der Waals surface area contributed by atoms with Crippen LogP contribution in [0.1, 0.15) is 47.8 Å². The van der Waals surface area contributed by atoms with E-state index in [1.54, 1.807) is 12.1 Å². The minimum Gasteiger partial charge on any atom is -0.354 e. The lowest BCUT2D eigenvalue weighted by atomic mass is 9.64. The number of nitrogens with one attached hydrogen (secondary N) is 1.